The third kappa shape index (κ3) is 7.75. The van der Waals surface area contributed by atoms with Crippen LogP contribution >= 0.6 is 24.0 Å². The lowest BCUT2D eigenvalue weighted by molar-refractivity contribution is 0.171. The van der Waals surface area contributed by atoms with Crippen LogP contribution in [0.25, 0.3) is 0 Å². The van der Waals surface area contributed by atoms with Gasteiger partial charge < -0.3 is 14.8 Å². The van der Waals surface area contributed by atoms with Crippen molar-refractivity contribution in [2.45, 2.75) is 59.7 Å². The van der Waals surface area contributed by atoms with Crippen LogP contribution in [0, 0.1) is 6.92 Å². The topological polar surface area (TPSA) is 61.6 Å². The van der Waals surface area contributed by atoms with E-state index >= 15 is 0 Å². The number of hydrogen-bond donors (Lipinski definition) is 1. The van der Waals surface area contributed by atoms with E-state index in [0.29, 0.717) is 6.04 Å². The molecule has 0 radical (unpaired) electrons. The zero-order valence-electron chi connectivity index (χ0n) is 19.4. The van der Waals surface area contributed by atoms with Crippen LogP contribution in [0.4, 0.5) is 0 Å². The fourth-order valence-electron chi connectivity index (χ4n) is 3.75. The second-order valence-corrected chi connectivity index (χ2v) is 8.21. The number of guanidine groups is 1. The number of piperazine rings is 1. The molecule has 1 aromatic heterocycles. The monoisotopic (exact) mass is 539 g/mol. The molecular formula is C23H38IN7. The van der Waals surface area contributed by atoms with Gasteiger partial charge >= 0.3 is 0 Å². The summed E-state index contributed by atoms with van der Waals surface area (Å²) in [4.78, 5) is 9.89. The first-order valence-electron chi connectivity index (χ1n) is 11.3. The lowest BCUT2D eigenvalue weighted by Crippen LogP contribution is -2.53. The molecule has 0 aliphatic carbocycles. The molecule has 0 amide bonds. The van der Waals surface area contributed by atoms with Gasteiger partial charge in [-0.2, -0.15) is 0 Å². The van der Waals surface area contributed by atoms with E-state index in [-0.39, 0.29) is 24.0 Å². The van der Waals surface area contributed by atoms with Crippen LogP contribution in [0.15, 0.2) is 35.6 Å². The first-order valence-corrected chi connectivity index (χ1v) is 11.3. The lowest BCUT2D eigenvalue weighted by atomic mass is 10.1. The standard InChI is InChI=1S/C23H37N7.HI/c1-5-20(4)26-23(24-10-11-30-18-25-27-22(30)6-2)29-14-12-28(13-15-29)17-21-9-7-8-19(3)16-21;/h7-9,16,18,20H,5-6,10-15,17H2,1-4H3,(H,24,26);1H. The second kappa shape index (κ2) is 13.0. The number of aryl methyl sites for hydroxylation is 2. The minimum atomic E-state index is 0. The van der Waals surface area contributed by atoms with Gasteiger partial charge in [0.2, 0.25) is 0 Å². The third-order valence-corrected chi connectivity index (χ3v) is 5.76. The molecule has 1 aliphatic heterocycles. The SMILES string of the molecule is CCc1nncn1CCN=C(NC(C)CC)N1CCN(Cc2cccc(C)c2)CC1.I. The van der Waals surface area contributed by atoms with Gasteiger partial charge in [-0.25, -0.2) is 0 Å². The number of halogens is 1. The Balaban J connectivity index is 0.00000341. The molecule has 172 valence electrons. The van der Waals surface area contributed by atoms with Gasteiger partial charge in [0.1, 0.15) is 12.2 Å². The summed E-state index contributed by atoms with van der Waals surface area (Å²) in [6.45, 7) is 15.4. The Kier molecular flexibility index (Phi) is 10.7. The second-order valence-electron chi connectivity index (χ2n) is 8.21. The average Bonchev–Trinajstić information content (AvgIpc) is 3.21. The molecule has 2 heterocycles. The van der Waals surface area contributed by atoms with Gasteiger partial charge in [0, 0.05) is 51.7 Å². The Bertz CT molecular complexity index is 812. The summed E-state index contributed by atoms with van der Waals surface area (Å²) < 4.78 is 2.10. The van der Waals surface area contributed by atoms with Gasteiger partial charge in [-0.1, -0.05) is 43.7 Å². The highest BCUT2D eigenvalue weighted by Gasteiger charge is 2.20. The fourth-order valence-corrected chi connectivity index (χ4v) is 3.75. The van der Waals surface area contributed by atoms with Crippen molar-refractivity contribution in [2.75, 3.05) is 32.7 Å². The molecule has 1 aliphatic rings. The first kappa shape index (κ1) is 25.6. The molecule has 1 aromatic carbocycles. The predicted octanol–water partition coefficient (Wildman–Crippen LogP) is 3.33. The van der Waals surface area contributed by atoms with Gasteiger partial charge in [-0.05, 0) is 25.8 Å². The zero-order chi connectivity index (χ0) is 21.3. The van der Waals surface area contributed by atoms with E-state index in [4.69, 9.17) is 4.99 Å². The van der Waals surface area contributed by atoms with Crippen molar-refractivity contribution in [2.24, 2.45) is 4.99 Å². The van der Waals surface area contributed by atoms with Crippen LogP contribution in [0.3, 0.4) is 0 Å². The summed E-state index contributed by atoms with van der Waals surface area (Å²) in [5.74, 6) is 2.05. The summed E-state index contributed by atoms with van der Waals surface area (Å²) in [5.41, 5.74) is 2.73. The number of aromatic nitrogens is 3. The van der Waals surface area contributed by atoms with Crippen LogP contribution in [0.2, 0.25) is 0 Å². The molecule has 1 saturated heterocycles. The number of nitrogens with one attached hydrogen (secondary N) is 1. The van der Waals surface area contributed by atoms with Crippen molar-refractivity contribution in [3.8, 4) is 0 Å². The van der Waals surface area contributed by atoms with Crippen molar-refractivity contribution >= 4 is 29.9 Å². The minimum absolute atomic E-state index is 0. The van der Waals surface area contributed by atoms with Crippen LogP contribution < -0.4 is 5.32 Å². The number of benzene rings is 1. The largest absolute Gasteiger partial charge is 0.354 e. The Labute approximate surface area is 204 Å². The first-order chi connectivity index (χ1) is 14.6. The highest BCUT2D eigenvalue weighted by atomic mass is 127. The molecule has 0 saturated carbocycles. The number of nitrogens with zero attached hydrogens (tertiary/aromatic N) is 6. The molecule has 0 bridgehead atoms. The quantitative estimate of drug-likeness (QED) is 0.317. The van der Waals surface area contributed by atoms with E-state index in [1.807, 2.05) is 0 Å². The van der Waals surface area contributed by atoms with Gasteiger partial charge in [0.25, 0.3) is 0 Å². The molecule has 1 unspecified atom stereocenters. The zero-order valence-corrected chi connectivity index (χ0v) is 21.7. The predicted molar refractivity (Wildman–Crippen MR) is 138 cm³/mol. The molecule has 8 heteroatoms. The van der Waals surface area contributed by atoms with Crippen molar-refractivity contribution in [3.05, 3.63) is 47.5 Å². The summed E-state index contributed by atoms with van der Waals surface area (Å²) >= 11 is 0. The number of hydrogen-bond acceptors (Lipinski definition) is 4. The van der Waals surface area contributed by atoms with Gasteiger partial charge in [-0.3, -0.25) is 9.89 Å². The molecule has 1 fully saturated rings. The van der Waals surface area contributed by atoms with Crippen LogP contribution in [0.5, 0.6) is 0 Å². The normalized spacial score (nSPS) is 16.1. The van der Waals surface area contributed by atoms with Crippen LogP contribution in [-0.2, 0) is 19.5 Å². The summed E-state index contributed by atoms with van der Waals surface area (Å²) in [7, 11) is 0. The van der Waals surface area contributed by atoms with Crippen molar-refractivity contribution in [1.29, 1.82) is 0 Å². The van der Waals surface area contributed by atoms with Crippen molar-refractivity contribution in [1.82, 2.24) is 29.9 Å². The molecule has 31 heavy (non-hydrogen) atoms. The highest BCUT2D eigenvalue weighted by Crippen LogP contribution is 2.11. The summed E-state index contributed by atoms with van der Waals surface area (Å²) in [6, 6.07) is 9.25. The van der Waals surface area contributed by atoms with Gasteiger partial charge in [0.15, 0.2) is 5.96 Å². The van der Waals surface area contributed by atoms with E-state index in [0.717, 1.165) is 70.4 Å². The number of aliphatic imine (C=N–C) groups is 1. The van der Waals surface area contributed by atoms with Gasteiger partial charge in [-0.15, -0.1) is 34.2 Å². The smallest absolute Gasteiger partial charge is 0.194 e. The molecule has 2 aromatic rings. The maximum Gasteiger partial charge on any atom is 0.194 e. The number of rotatable bonds is 8. The molecule has 7 nitrogen and oxygen atoms in total. The molecule has 1 N–H and O–H groups in total. The maximum atomic E-state index is 4.94. The van der Waals surface area contributed by atoms with Crippen molar-refractivity contribution in [3.63, 3.8) is 0 Å². The van der Waals surface area contributed by atoms with E-state index < -0.39 is 0 Å². The highest BCUT2D eigenvalue weighted by molar-refractivity contribution is 14.0. The van der Waals surface area contributed by atoms with Crippen molar-refractivity contribution < 1.29 is 0 Å². The van der Waals surface area contributed by atoms with E-state index in [1.54, 1.807) is 6.33 Å². The molecule has 0 spiro atoms. The van der Waals surface area contributed by atoms with E-state index in [2.05, 4.69) is 81.8 Å². The van der Waals surface area contributed by atoms with Crippen LogP contribution in [-0.4, -0.2) is 69.3 Å². The summed E-state index contributed by atoms with van der Waals surface area (Å²) in [6.07, 6.45) is 3.78. The Morgan fingerprint density at radius 1 is 1.19 bits per heavy atom. The third-order valence-electron chi connectivity index (χ3n) is 5.76. The fraction of sp³-hybridized carbons (Fsp3) is 0.609. The maximum absolute atomic E-state index is 4.94. The molecule has 1 atom stereocenters. The van der Waals surface area contributed by atoms with E-state index in [9.17, 15) is 0 Å². The lowest BCUT2D eigenvalue weighted by Gasteiger charge is -2.37. The molecular weight excluding hydrogens is 501 g/mol. The Morgan fingerprint density at radius 3 is 2.65 bits per heavy atom. The molecule has 3 rings (SSSR count). The summed E-state index contributed by atoms with van der Waals surface area (Å²) in [5, 5.41) is 11.8. The van der Waals surface area contributed by atoms with E-state index in [1.165, 1.54) is 11.1 Å². The average molecular weight is 540 g/mol. The Morgan fingerprint density at radius 2 is 1.97 bits per heavy atom. The van der Waals surface area contributed by atoms with Crippen LogP contribution in [0.1, 0.15) is 44.1 Å². The minimum Gasteiger partial charge on any atom is -0.354 e. The Hall–Kier alpha value is -1.68. The van der Waals surface area contributed by atoms with Gasteiger partial charge in [0.05, 0.1) is 6.54 Å².